The molecule has 23 heavy (non-hydrogen) atoms. The molecule has 0 saturated heterocycles. The Morgan fingerprint density at radius 1 is 1.17 bits per heavy atom. The van der Waals surface area contributed by atoms with Crippen LogP contribution < -0.4 is 5.73 Å². The molecule has 0 aliphatic rings. The molecule has 1 aromatic carbocycles. The van der Waals surface area contributed by atoms with Crippen molar-refractivity contribution in [1.29, 1.82) is 0 Å². The number of hydrogen-bond acceptors (Lipinski definition) is 5. The minimum Gasteiger partial charge on any atom is -0.369 e. The van der Waals surface area contributed by atoms with E-state index in [1.165, 1.54) is 11.8 Å². The molecule has 0 aliphatic carbocycles. The molecular weight excluding hydrogens is 310 g/mol. The zero-order valence-electron chi connectivity index (χ0n) is 12.5. The fourth-order valence-corrected chi connectivity index (χ4v) is 2.88. The number of aromatic nitrogens is 4. The molecular formula is C16H15N5OS. The van der Waals surface area contributed by atoms with E-state index in [1.54, 1.807) is 6.20 Å². The van der Waals surface area contributed by atoms with Gasteiger partial charge in [0.15, 0.2) is 11.0 Å². The van der Waals surface area contributed by atoms with Crippen LogP contribution in [0.15, 0.2) is 53.8 Å². The number of thioether (sulfide) groups is 1. The summed E-state index contributed by atoms with van der Waals surface area (Å²) in [7, 11) is 0. The highest BCUT2D eigenvalue weighted by Gasteiger charge is 2.18. The van der Waals surface area contributed by atoms with Crippen molar-refractivity contribution in [3.63, 3.8) is 0 Å². The van der Waals surface area contributed by atoms with E-state index in [4.69, 9.17) is 5.73 Å². The molecule has 0 bridgehead atoms. The van der Waals surface area contributed by atoms with Gasteiger partial charge in [-0.1, -0.05) is 36.0 Å². The Kier molecular flexibility index (Phi) is 4.38. The zero-order chi connectivity index (χ0) is 16.2. The van der Waals surface area contributed by atoms with Gasteiger partial charge in [0.1, 0.15) is 5.69 Å². The Morgan fingerprint density at radius 2 is 1.96 bits per heavy atom. The van der Waals surface area contributed by atoms with Crippen molar-refractivity contribution in [1.82, 2.24) is 19.7 Å². The summed E-state index contributed by atoms with van der Waals surface area (Å²) in [5.41, 5.74) is 7.99. The van der Waals surface area contributed by atoms with Crippen molar-refractivity contribution >= 4 is 17.7 Å². The second-order valence-corrected chi connectivity index (χ2v) is 5.84. The van der Waals surface area contributed by atoms with E-state index in [2.05, 4.69) is 15.2 Å². The van der Waals surface area contributed by atoms with Crippen LogP contribution in [-0.2, 0) is 4.79 Å². The molecule has 7 heteroatoms. The number of amides is 1. The van der Waals surface area contributed by atoms with E-state index in [-0.39, 0.29) is 5.75 Å². The minimum absolute atomic E-state index is 0.145. The maximum Gasteiger partial charge on any atom is 0.227 e. The van der Waals surface area contributed by atoms with Crippen LogP contribution in [0.3, 0.4) is 0 Å². The van der Waals surface area contributed by atoms with E-state index >= 15 is 0 Å². The van der Waals surface area contributed by atoms with Crippen LogP contribution in [0.25, 0.3) is 17.2 Å². The molecule has 116 valence electrons. The molecule has 0 unspecified atom stereocenters. The number of benzene rings is 1. The topological polar surface area (TPSA) is 86.7 Å². The lowest BCUT2D eigenvalue weighted by Crippen LogP contribution is -2.14. The van der Waals surface area contributed by atoms with Crippen molar-refractivity contribution in [3.05, 3.63) is 54.2 Å². The first-order valence-corrected chi connectivity index (χ1v) is 7.99. The number of pyridine rings is 1. The monoisotopic (exact) mass is 325 g/mol. The molecule has 3 aromatic rings. The van der Waals surface area contributed by atoms with Gasteiger partial charge in [-0.05, 0) is 30.7 Å². The number of rotatable bonds is 5. The average molecular weight is 325 g/mol. The summed E-state index contributed by atoms with van der Waals surface area (Å²) in [5, 5.41) is 9.08. The highest BCUT2D eigenvalue weighted by atomic mass is 32.2. The third-order valence-corrected chi connectivity index (χ3v) is 4.18. The lowest BCUT2D eigenvalue weighted by Gasteiger charge is -2.12. The first-order valence-electron chi connectivity index (χ1n) is 7.01. The number of nitrogens with two attached hydrogens (primary N) is 1. The van der Waals surface area contributed by atoms with Crippen LogP contribution in [-0.4, -0.2) is 31.4 Å². The van der Waals surface area contributed by atoms with Crippen LogP contribution >= 0.6 is 11.8 Å². The lowest BCUT2D eigenvalue weighted by atomic mass is 10.2. The summed E-state index contributed by atoms with van der Waals surface area (Å²) in [5.74, 6) is 0.382. The average Bonchev–Trinajstić information content (AvgIpc) is 2.98. The van der Waals surface area contributed by atoms with Crippen molar-refractivity contribution in [2.75, 3.05) is 5.75 Å². The van der Waals surface area contributed by atoms with Gasteiger partial charge >= 0.3 is 0 Å². The van der Waals surface area contributed by atoms with Crippen LogP contribution in [0, 0.1) is 6.92 Å². The third kappa shape index (κ3) is 3.24. The van der Waals surface area contributed by atoms with E-state index in [0.717, 1.165) is 11.3 Å². The molecule has 0 atom stereocenters. The van der Waals surface area contributed by atoms with Gasteiger partial charge in [0.05, 0.1) is 11.4 Å². The molecule has 2 aromatic heterocycles. The molecule has 0 saturated carbocycles. The molecule has 6 nitrogen and oxygen atoms in total. The summed E-state index contributed by atoms with van der Waals surface area (Å²) in [6.45, 7) is 2.01. The fourth-order valence-electron chi connectivity index (χ4n) is 2.19. The number of primary amides is 1. The van der Waals surface area contributed by atoms with Gasteiger partial charge in [0.2, 0.25) is 5.91 Å². The van der Waals surface area contributed by atoms with Crippen LogP contribution in [0.4, 0.5) is 0 Å². The predicted molar refractivity (Wildman–Crippen MR) is 89.2 cm³/mol. The van der Waals surface area contributed by atoms with Gasteiger partial charge in [-0.25, -0.2) is 0 Å². The second kappa shape index (κ2) is 6.62. The van der Waals surface area contributed by atoms with Gasteiger partial charge < -0.3 is 5.73 Å². The van der Waals surface area contributed by atoms with Crippen LogP contribution in [0.2, 0.25) is 0 Å². The quantitative estimate of drug-likeness (QED) is 0.727. The number of aryl methyl sites for hydroxylation is 1. The van der Waals surface area contributed by atoms with Gasteiger partial charge in [-0.15, -0.1) is 10.2 Å². The number of nitrogens with zero attached hydrogens (tertiary/aromatic N) is 4. The normalized spacial score (nSPS) is 10.7. The zero-order valence-corrected chi connectivity index (χ0v) is 13.3. The smallest absolute Gasteiger partial charge is 0.227 e. The van der Waals surface area contributed by atoms with Gasteiger partial charge in [-0.3, -0.25) is 14.3 Å². The van der Waals surface area contributed by atoms with Crippen molar-refractivity contribution in [2.45, 2.75) is 12.1 Å². The Balaban J connectivity index is 2.14. The minimum atomic E-state index is -0.395. The van der Waals surface area contributed by atoms with Crippen molar-refractivity contribution < 1.29 is 4.79 Å². The molecule has 2 heterocycles. The van der Waals surface area contributed by atoms with Crippen molar-refractivity contribution in [2.24, 2.45) is 5.73 Å². The highest BCUT2D eigenvalue weighted by molar-refractivity contribution is 7.99. The van der Waals surface area contributed by atoms with E-state index in [9.17, 15) is 4.79 Å². The highest BCUT2D eigenvalue weighted by Crippen LogP contribution is 2.28. The molecule has 0 fully saturated rings. The SMILES string of the molecule is Cc1ccccc1-n1c(SCC(N)=O)nnc1-c1ccccn1. The Labute approximate surface area is 137 Å². The molecule has 2 N–H and O–H groups in total. The number of para-hydroxylation sites is 1. The van der Waals surface area contributed by atoms with Crippen LogP contribution in [0.1, 0.15) is 5.56 Å². The summed E-state index contributed by atoms with van der Waals surface area (Å²) in [6, 6.07) is 13.5. The van der Waals surface area contributed by atoms with E-state index in [0.29, 0.717) is 16.7 Å². The molecule has 0 radical (unpaired) electrons. The van der Waals surface area contributed by atoms with Crippen LogP contribution in [0.5, 0.6) is 0 Å². The fraction of sp³-hybridized carbons (Fsp3) is 0.125. The summed E-state index contributed by atoms with van der Waals surface area (Å²) >= 11 is 1.26. The number of carbonyl (C=O) groups is 1. The van der Waals surface area contributed by atoms with Gasteiger partial charge in [0.25, 0.3) is 0 Å². The maximum atomic E-state index is 11.1. The van der Waals surface area contributed by atoms with Crippen molar-refractivity contribution in [3.8, 4) is 17.2 Å². The standard InChI is InChI=1S/C16H15N5OS/c1-11-6-2-3-8-13(11)21-15(12-7-4-5-9-18-12)19-20-16(21)23-10-14(17)22/h2-9H,10H2,1H3,(H2,17,22). The molecule has 0 spiro atoms. The molecule has 0 aliphatic heterocycles. The molecule has 3 rings (SSSR count). The largest absolute Gasteiger partial charge is 0.369 e. The lowest BCUT2D eigenvalue weighted by molar-refractivity contribution is -0.115. The Morgan fingerprint density at radius 3 is 2.65 bits per heavy atom. The Bertz CT molecular complexity index is 831. The number of hydrogen-bond donors (Lipinski definition) is 1. The van der Waals surface area contributed by atoms with E-state index in [1.807, 2.05) is 54.0 Å². The third-order valence-electron chi connectivity index (χ3n) is 3.23. The second-order valence-electron chi connectivity index (χ2n) is 4.90. The summed E-state index contributed by atoms with van der Waals surface area (Å²) in [4.78, 5) is 15.4. The first-order chi connectivity index (χ1) is 11.2. The predicted octanol–water partition coefficient (Wildman–Crippen LogP) is 2.22. The first kappa shape index (κ1) is 15.2. The Hall–Kier alpha value is -2.67. The van der Waals surface area contributed by atoms with Gasteiger partial charge in [0, 0.05) is 6.20 Å². The maximum absolute atomic E-state index is 11.1. The van der Waals surface area contributed by atoms with Gasteiger partial charge in [-0.2, -0.15) is 0 Å². The summed E-state index contributed by atoms with van der Waals surface area (Å²) in [6.07, 6.45) is 1.71. The number of carbonyl (C=O) groups excluding carboxylic acids is 1. The summed E-state index contributed by atoms with van der Waals surface area (Å²) < 4.78 is 1.91. The van der Waals surface area contributed by atoms with E-state index < -0.39 is 5.91 Å². The molecule has 1 amide bonds.